The van der Waals surface area contributed by atoms with E-state index in [0.717, 1.165) is 38.8 Å². The minimum Gasteiger partial charge on any atom is -0.456 e. The van der Waals surface area contributed by atoms with Gasteiger partial charge in [-0.2, -0.15) is 0 Å². The van der Waals surface area contributed by atoms with Gasteiger partial charge in [0.25, 0.3) is 0 Å². The first-order chi connectivity index (χ1) is 16.4. The summed E-state index contributed by atoms with van der Waals surface area (Å²) in [6.45, 7) is 0. The zero-order valence-electron chi connectivity index (χ0n) is 17.3. The number of hydrogen-bond donors (Lipinski definition) is 0. The van der Waals surface area contributed by atoms with Crippen molar-refractivity contribution in [3.8, 4) is 33.5 Å². The summed E-state index contributed by atoms with van der Waals surface area (Å²) in [7, 11) is 0. The molecule has 33 heavy (non-hydrogen) atoms. The van der Waals surface area contributed by atoms with Crippen molar-refractivity contribution in [3.63, 3.8) is 0 Å². The molecule has 0 aliphatic heterocycles. The Morgan fingerprint density at radius 1 is 0.606 bits per heavy atom. The molecule has 7 aromatic rings. The molecule has 4 aromatic carbocycles. The minimum atomic E-state index is 0.530. The zero-order valence-corrected chi connectivity index (χ0v) is 17.3. The van der Waals surface area contributed by atoms with Gasteiger partial charge in [-0.3, -0.25) is 0 Å². The molecular weight excluding hydrogens is 408 g/mol. The second-order valence-electron chi connectivity index (χ2n) is 8.31. The molecule has 0 N–H and O–H groups in total. The van der Waals surface area contributed by atoms with Crippen molar-refractivity contribution < 1.29 is 4.42 Å². The Morgan fingerprint density at radius 2 is 1.42 bits per heavy atom. The molecule has 0 amide bonds. The van der Waals surface area contributed by atoms with Gasteiger partial charge in [-0.15, -0.1) is 0 Å². The number of aromatic nitrogens is 4. The molecule has 0 saturated heterocycles. The summed E-state index contributed by atoms with van der Waals surface area (Å²) >= 11 is 0. The number of rotatable bonds is 1. The average Bonchev–Trinajstić information content (AvgIpc) is 3.40. The summed E-state index contributed by atoms with van der Waals surface area (Å²) in [6.07, 6.45) is 5.09. The van der Waals surface area contributed by atoms with E-state index in [9.17, 15) is 0 Å². The summed E-state index contributed by atoms with van der Waals surface area (Å²) in [6, 6.07) is 23.3. The molecule has 0 radical (unpaired) electrons. The van der Waals surface area contributed by atoms with E-state index in [1.807, 2.05) is 18.2 Å². The first-order valence-corrected chi connectivity index (χ1v) is 10.8. The third-order valence-electron chi connectivity index (χ3n) is 6.58. The molecule has 152 valence electrons. The van der Waals surface area contributed by atoms with Gasteiger partial charge in [0.15, 0.2) is 11.3 Å². The Balaban J connectivity index is 1.61. The summed E-state index contributed by atoms with van der Waals surface area (Å²) in [5.74, 6) is 0. The lowest BCUT2D eigenvalue weighted by Crippen LogP contribution is -1.95. The SMILES string of the molecule is c1cc2c3c(cccc3c1)-c1c-2cc2oc3ccccc3c2c1-c1cnc2nccnc2n1. The molecule has 0 fully saturated rings. The summed E-state index contributed by atoms with van der Waals surface area (Å²) in [4.78, 5) is 18.2. The second-order valence-corrected chi connectivity index (χ2v) is 8.31. The normalized spacial score (nSPS) is 12.2. The fourth-order valence-corrected chi connectivity index (χ4v) is 5.29. The Kier molecular flexibility index (Phi) is 3.08. The highest BCUT2D eigenvalue weighted by atomic mass is 16.3. The van der Waals surface area contributed by atoms with Gasteiger partial charge in [-0.25, -0.2) is 19.9 Å². The van der Waals surface area contributed by atoms with Crippen LogP contribution in [0, 0.1) is 0 Å². The Labute approximate surface area is 187 Å². The van der Waals surface area contributed by atoms with Gasteiger partial charge in [-0.1, -0.05) is 54.6 Å². The monoisotopic (exact) mass is 422 g/mol. The topological polar surface area (TPSA) is 64.7 Å². The highest BCUT2D eigenvalue weighted by Gasteiger charge is 2.29. The van der Waals surface area contributed by atoms with Crippen molar-refractivity contribution in [2.45, 2.75) is 0 Å². The Bertz CT molecular complexity index is 1930. The molecule has 3 aromatic heterocycles. The molecule has 0 saturated carbocycles. The summed E-state index contributed by atoms with van der Waals surface area (Å²) in [5, 5.41) is 4.60. The van der Waals surface area contributed by atoms with Crippen molar-refractivity contribution in [1.29, 1.82) is 0 Å². The lowest BCUT2D eigenvalue weighted by atomic mass is 9.92. The predicted octanol–water partition coefficient (Wildman–Crippen LogP) is 6.79. The van der Waals surface area contributed by atoms with E-state index in [-0.39, 0.29) is 0 Å². The van der Waals surface area contributed by atoms with Gasteiger partial charge < -0.3 is 4.42 Å². The third-order valence-corrected chi connectivity index (χ3v) is 6.58. The van der Waals surface area contributed by atoms with Gasteiger partial charge in [0.2, 0.25) is 0 Å². The number of para-hydroxylation sites is 1. The van der Waals surface area contributed by atoms with Crippen LogP contribution in [0.5, 0.6) is 0 Å². The van der Waals surface area contributed by atoms with Gasteiger partial charge in [0.05, 0.1) is 11.9 Å². The second kappa shape index (κ2) is 5.99. The van der Waals surface area contributed by atoms with E-state index < -0.39 is 0 Å². The fraction of sp³-hybridized carbons (Fsp3) is 0. The van der Waals surface area contributed by atoms with E-state index in [1.165, 1.54) is 27.5 Å². The first-order valence-electron chi connectivity index (χ1n) is 10.8. The minimum absolute atomic E-state index is 0.530. The number of furan rings is 1. The van der Waals surface area contributed by atoms with Gasteiger partial charge >= 0.3 is 0 Å². The molecule has 1 aliphatic rings. The fourth-order valence-electron chi connectivity index (χ4n) is 5.29. The van der Waals surface area contributed by atoms with E-state index in [2.05, 4.69) is 63.5 Å². The molecule has 0 spiro atoms. The largest absolute Gasteiger partial charge is 0.456 e. The van der Waals surface area contributed by atoms with Crippen molar-refractivity contribution in [2.75, 3.05) is 0 Å². The molecule has 0 bridgehead atoms. The highest BCUT2D eigenvalue weighted by molar-refractivity contribution is 6.25. The lowest BCUT2D eigenvalue weighted by molar-refractivity contribution is 0.669. The predicted molar refractivity (Wildman–Crippen MR) is 130 cm³/mol. The maximum Gasteiger partial charge on any atom is 0.198 e. The molecule has 0 unspecified atom stereocenters. The van der Waals surface area contributed by atoms with E-state index >= 15 is 0 Å². The standard InChI is InChI=1S/C28H14N4O/c1-2-10-21-17(7-1)25-22(33-21)13-19-16-8-3-5-15-6-4-9-18(23(15)16)24(19)26(25)20-14-31-27-28(32-20)30-12-11-29-27/h1-14H. The van der Waals surface area contributed by atoms with Crippen LogP contribution in [-0.2, 0) is 0 Å². The molecule has 1 aliphatic carbocycles. The van der Waals surface area contributed by atoms with E-state index in [1.54, 1.807) is 18.6 Å². The maximum atomic E-state index is 6.35. The van der Waals surface area contributed by atoms with Crippen LogP contribution in [0.25, 0.3) is 77.5 Å². The quantitative estimate of drug-likeness (QED) is 0.291. The van der Waals surface area contributed by atoms with Crippen LogP contribution in [0.3, 0.4) is 0 Å². The number of hydrogen-bond acceptors (Lipinski definition) is 5. The molecule has 8 rings (SSSR count). The van der Waals surface area contributed by atoms with Gasteiger partial charge in [-0.05, 0) is 39.6 Å². The Hall–Kier alpha value is -4.64. The summed E-state index contributed by atoms with van der Waals surface area (Å²) in [5.41, 5.74) is 9.31. The maximum absolute atomic E-state index is 6.35. The lowest BCUT2D eigenvalue weighted by Gasteiger charge is -2.12. The van der Waals surface area contributed by atoms with Crippen molar-refractivity contribution in [3.05, 3.63) is 85.3 Å². The van der Waals surface area contributed by atoms with Crippen LogP contribution < -0.4 is 0 Å². The van der Waals surface area contributed by atoms with E-state index in [4.69, 9.17) is 9.40 Å². The van der Waals surface area contributed by atoms with Crippen molar-refractivity contribution in [1.82, 2.24) is 19.9 Å². The van der Waals surface area contributed by atoms with Crippen molar-refractivity contribution >= 4 is 44.0 Å². The van der Waals surface area contributed by atoms with Crippen LogP contribution in [0.15, 0.2) is 89.7 Å². The van der Waals surface area contributed by atoms with E-state index in [0.29, 0.717) is 11.3 Å². The number of fused-ring (bicyclic) bond motifs is 7. The molecular formula is C28H14N4O. The third kappa shape index (κ3) is 2.16. The van der Waals surface area contributed by atoms with Gasteiger partial charge in [0, 0.05) is 34.3 Å². The first kappa shape index (κ1) is 17.0. The van der Waals surface area contributed by atoms with Gasteiger partial charge in [0.1, 0.15) is 11.2 Å². The summed E-state index contributed by atoms with van der Waals surface area (Å²) < 4.78 is 6.35. The molecule has 5 heteroatoms. The van der Waals surface area contributed by atoms with Crippen LogP contribution in [0.2, 0.25) is 0 Å². The van der Waals surface area contributed by atoms with Crippen LogP contribution >= 0.6 is 0 Å². The Morgan fingerprint density at radius 3 is 2.33 bits per heavy atom. The van der Waals surface area contributed by atoms with Crippen LogP contribution in [0.1, 0.15) is 0 Å². The highest BCUT2D eigenvalue weighted by Crippen LogP contribution is 2.54. The average molecular weight is 422 g/mol. The number of nitrogens with zero attached hydrogens (tertiary/aromatic N) is 4. The molecule has 5 nitrogen and oxygen atoms in total. The van der Waals surface area contributed by atoms with Crippen LogP contribution in [-0.4, -0.2) is 19.9 Å². The smallest absolute Gasteiger partial charge is 0.198 e. The van der Waals surface area contributed by atoms with Crippen LogP contribution in [0.4, 0.5) is 0 Å². The molecule has 3 heterocycles. The number of benzene rings is 4. The van der Waals surface area contributed by atoms with Crippen molar-refractivity contribution in [2.24, 2.45) is 0 Å². The molecule has 0 atom stereocenters. The zero-order chi connectivity index (χ0) is 21.5.